The van der Waals surface area contributed by atoms with Gasteiger partial charge in [0.15, 0.2) is 0 Å². The third-order valence-corrected chi connectivity index (χ3v) is 3.67. The zero-order valence-corrected chi connectivity index (χ0v) is 12.5. The minimum Gasteiger partial charge on any atom is -0.367 e. The molecule has 0 aliphatic rings. The third-order valence-electron chi connectivity index (χ3n) is 2.87. The summed E-state index contributed by atoms with van der Waals surface area (Å²) in [6.45, 7) is 10.6. The molecule has 3 nitrogen and oxygen atoms in total. The Labute approximate surface area is 106 Å². The smallest absolute Gasteiger partial charge is 0.0997 e. The molecule has 0 bridgehead atoms. The lowest BCUT2D eigenvalue weighted by molar-refractivity contribution is 0.0990. The number of ether oxygens (including phenoxy) is 1. The Bertz CT molecular complexity index is 167. The lowest BCUT2D eigenvalue weighted by atomic mass is 10.3. The predicted octanol–water partition coefficient (Wildman–Crippen LogP) is 1.98. The van der Waals surface area contributed by atoms with Crippen molar-refractivity contribution in [2.45, 2.75) is 32.2 Å². The predicted molar refractivity (Wildman–Crippen MR) is 74.2 cm³/mol. The average Bonchev–Trinajstić information content (AvgIpc) is 2.25. The first-order valence-electron chi connectivity index (χ1n) is 6.00. The van der Waals surface area contributed by atoms with E-state index in [1.54, 1.807) is 11.8 Å². The van der Waals surface area contributed by atoms with Gasteiger partial charge in [0, 0.05) is 25.7 Å². The van der Waals surface area contributed by atoms with Crippen LogP contribution in [0.5, 0.6) is 0 Å². The molecule has 0 N–H and O–H groups in total. The van der Waals surface area contributed by atoms with Crippen molar-refractivity contribution in [2.24, 2.45) is 0 Å². The number of likely N-dealkylation sites (N-methyl/N-ethyl adjacent to an activating group) is 2. The van der Waals surface area contributed by atoms with Crippen molar-refractivity contribution in [1.29, 1.82) is 0 Å². The number of rotatable bonds is 9. The SMILES string of the molecule is CSC(C)OCCN(C)CCN(C)C(C)C. The first-order chi connectivity index (χ1) is 7.47. The van der Waals surface area contributed by atoms with Crippen molar-refractivity contribution in [3.8, 4) is 0 Å². The lowest BCUT2D eigenvalue weighted by Gasteiger charge is -2.25. The van der Waals surface area contributed by atoms with Crippen LogP contribution in [0.1, 0.15) is 20.8 Å². The quantitative estimate of drug-likeness (QED) is 0.580. The minimum absolute atomic E-state index is 0.312. The molecule has 0 saturated heterocycles. The highest BCUT2D eigenvalue weighted by Gasteiger charge is 2.05. The van der Waals surface area contributed by atoms with E-state index < -0.39 is 0 Å². The number of hydrogen-bond acceptors (Lipinski definition) is 4. The maximum Gasteiger partial charge on any atom is 0.0997 e. The van der Waals surface area contributed by atoms with Crippen LogP contribution < -0.4 is 0 Å². The van der Waals surface area contributed by atoms with Crippen LogP contribution >= 0.6 is 11.8 Å². The molecular formula is C12H28N2OS. The van der Waals surface area contributed by atoms with Gasteiger partial charge in [0.2, 0.25) is 0 Å². The Morgan fingerprint density at radius 2 is 1.69 bits per heavy atom. The molecule has 0 aliphatic heterocycles. The van der Waals surface area contributed by atoms with Crippen LogP contribution in [0.2, 0.25) is 0 Å². The second kappa shape index (κ2) is 9.28. The first kappa shape index (κ1) is 16.2. The van der Waals surface area contributed by atoms with E-state index in [0.29, 0.717) is 11.5 Å². The molecule has 0 spiro atoms. The van der Waals surface area contributed by atoms with Gasteiger partial charge in [-0.2, -0.15) is 0 Å². The van der Waals surface area contributed by atoms with Crippen LogP contribution in [0.15, 0.2) is 0 Å². The fraction of sp³-hybridized carbons (Fsp3) is 1.00. The van der Waals surface area contributed by atoms with Crippen molar-refractivity contribution in [3.63, 3.8) is 0 Å². The van der Waals surface area contributed by atoms with Gasteiger partial charge in [-0.25, -0.2) is 0 Å². The van der Waals surface area contributed by atoms with Crippen molar-refractivity contribution in [2.75, 3.05) is 46.6 Å². The topological polar surface area (TPSA) is 15.7 Å². The molecule has 0 aliphatic carbocycles. The molecule has 0 rings (SSSR count). The molecule has 1 unspecified atom stereocenters. The Morgan fingerprint density at radius 3 is 2.19 bits per heavy atom. The maximum atomic E-state index is 5.62. The Hall–Kier alpha value is 0.230. The molecule has 0 radical (unpaired) electrons. The summed E-state index contributed by atoms with van der Waals surface area (Å²) in [5, 5.41) is 0. The minimum atomic E-state index is 0.312. The van der Waals surface area contributed by atoms with E-state index in [1.807, 2.05) is 0 Å². The van der Waals surface area contributed by atoms with Gasteiger partial charge >= 0.3 is 0 Å². The maximum absolute atomic E-state index is 5.62. The number of nitrogens with zero attached hydrogens (tertiary/aromatic N) is 2. The highest BCUT2D eigenvalue weighted by atomic mass is 32.2. The molecule has 0 aromatic rings. The Morgan fingerprint density at radius 1 is 1.06 bits per heavy atom. The number of hydrogen-bond donors (Lipinski definition) is 0. The van der Waals surface area contributed by atoms with Crippen LogP contribution in [0, 0.1) is 0 Å². The molecule has 0 amide bonds. The van der Waals surface area contributed by atoms with Crippen LogP contribution in [-0.2, 0) is 4.74 Å². The van der Waals surface area contributed by atoms with Crippen LogP contribution in [0.4, 0.5) is 0 Å². The first-order valence-corrected chi connectivity index (χ1v) is 7.29. The van der Waals surface area contributed by atoms with E-state index in [0.717, 1.165) is 26.2 Å². The highest BCUT2D eigenvalue weighted by molar-refractivity contribution is 7.99. The fourth-order valence-corrected chi connectivity index (χ4v) is 1.37. The van der Waals surface area contributed by atoms with Gasteiger partial charge in [-0.3, -0.25) is 0 Å². The van der Waals surface area contributed by atoms with E-state index in [4.69, 9.17) is 4.74 Å². The summed E-state index contributed by atoms with van der Waals surface area (Å²) in [6, 6.07) is 0.626. The zero-order chi connectivity index (χ0) is 12.6. The lowest BCUT2D eigenvalue weighted by Crippen LogP contribution is -2.36. The Kier molecular flexibility index (Phi) is 9.41. The summed E-state index contributed by atoms with van der Waals surface area (Å²) in [5.41, 5.74) is 0.312. The van der Waals surface area contributed by atoms with Gasteiger partial charge in [0.05, 0.1) is 12.0 Å². The summed E-state index contributed by atoms with van der Waals surface area (Å²) in [6.07, 6.45) is 2.08. The summed E-state index contributed by atoms with van der Waals surface area (Å²) >= 11 is 1.75. The summed E-state index contributed by atoms with van der Waals surface area (Å²) < 4.78 is 5.62. The molecule has 0 saturated carbocycles. The molecular weight excluding hydrogens is 220 g/mol. The molecule has 0 aromatic heterocycles. The van der Waals surface area contributed by atoms with E-state index in [9.17, 15) is 0 Å². The van der Waals surface area contributed by atoms with Crippen LogP contribution in [0.25, 0.3) is 0 Å². The summed E-state index contributed by atoms with van der Waals surface area (Å²) in [7, 11) is 4.33. The highest BCUT2D eigenvalue weighted by Crippen LogP contribution is 2.05. The van der Waals surface area contributed by atoms with Gasteiger partial charge in [0.1, 0.15) is 0 Å². The monoisotopic (exact) mass is 248 g/mol. The van der Waals surface area contributed by atoms with E-state index in [-0.39, 0.29) is 0 Å². The summed E-state index contributed by atoms with van der Waals surface area (Å²) in [5.74, 6) is 0. The van der Waals surface area contributed by atoms with Gasteiger partial charge in [-0.15, -0.1) is 11.8 Å². The average molecular weight is 248 g/mol. The van der Waals surface area contributed by atoms with E-state index in [2.05, 4.69) is 50.9 Å². The molecule has 0 heterocycles. The van der Waals surface area contributed by atoms with Gasteiger partial charge in [0.25, 0.3) is 0 Å². The molecule has 0 aromatic carbocycles. The normalized spacial score (nSPS) is 14.1. The fourth-order valence-electron chi connectivity index (χ4n) is 1.14. The largest absolute Gasteiger partial charge is 0.367 e. The van der Waals surface area contributed by atoms with Crippen molar-refractivity contribution in [3.05, 3.63) is 0 Å². The summed E-state index contributed by atoms with van der Waals surface area (Å²) in [4.78, 5) is 4.69. The van der Waals surface area contributed by atoms with Gasteiger partial charge in [-0.1, -0.05) is 0 Å². The molecule has 16 heavy (non-hydrogen) atoms. The second-order valence-electron chi connectivity index (χ2n) is 4.55. The third kappa shape index (κ3) is 8.39. The number of thioether (sulfide) groups is 1. The zero-order valence-electron chi connectivity index (χ0n) is 11.7. The standard InChI is InChI=1S/C12H28N2OS/c1-11(2)14(5)8-7-13(4)9-10-15-12(3)16-6/h11-12H,7-10H2,1-6H3. The molecule has 4 heteroatoms. The Balaban J connectivity index is 3.48. The van der Waals surface area contributed by atoms with Gasteiger partial charge < -0.3 is 14.5 Å². The molecule has 98 valence electrons. The van der Waals surface area contributed by atoms with Crippen molar-refractivity contribution >= 4 is 11.8 Å². The molecule has 1 atom stereocenters. The van der Waals surface area contributed by atoms with E-state index >= 15 is 0 Å². The molecule has 0 fully saturated rings. The van der Waals surface area contributed by atoms with Crippen molar-refractivity contribution < 1.29 is 4.74 Å². The van der Waals surface area contributed by atoms with Crippen molar-refractivity contribution in [1.82, 2.24) is 9.80 Å². The van der Waals surface area contributed by atoms with E-state index in [1.165, 1.54) is 0 Å². The second-order valence-corrected chi connectivity index (χ2v) is 5.69. The van der Waals surface area contributed by atoms with Gasteiger partial charge in [-0.05, 0) is 41.1 Å². The van der Waals surface area contributed by atoms with Crippen LogP contribution in [-0.4, -0.2) is 67.9 Å². The van der Waals surface area contributed by atoms with Crippen LogP contribution in [0.3, 0.4) is 0 Å².